The van der Waals surface area contributed by atoms with Crippen molar-refractivity contribution in [1.29, 1.82) is 0 Å². The molecule has 2 rings (SSSR count). The van der Waals surface area contributed by atoms with Gasteiger partial charge in [-0.2, -0.15) is 4.98 Å². The van der Waals surface area contributed by atoms with Crippen molar-refractivity contribution in [1.82, 2.24) is 14.8 Å². The van der Waals surface area contributed by atoms with Crippen LogP contribution in [-0.4, -0.2) is 39.0 Å². The van der Waals surface area contributed by atoms with E-state index >= 15 is 0 Å². The third-order valence-corrected chi connectivity index (χ3v) is 4.18. The standard InChI is InChI=1S/C21H28N4O3/c1-2-3-4-5-6-7-17-8-10-18(11-9-17)12-13-19-23-21(20(22)27)24-25(19)16-28-15-14-26/h8-11,26H,2-7,14-16H2,1H3,(H2,22,27). The summed E-state index contributed by atoms with van der Waals surface area (Å²) >= 11 is 0. The van der Waals surface area contributed by atoms with Gasteiger partial charge in [0, 0.05) is 5.56 Å². The number of nitrogens with zero attached hydrogens (tertiary/aromatic N) is 3. The highest BCUT2D eigenvalue weighted by atomic mass is 16.5. The lowest BCUT2D eigenvalue weighted by Crippen LogP contribution is -2.14. The summed E-state index contributed by atoms with van der Waals surface area (Å²) in [5.41, 5.74) is 7.39. The Morgan fingerprint density at radius 3 is 2.61 bits per heavy atom. The number of hydrogen-bond acceptors (Lipinski definition) is 5. The first-order valence-electron chi connectivity index (χ1n) is 9.68. The van der Waals surface area contributed by atoms with Crippen molar-refractivity contribution < 1.29 is 14.6 Å². The maximum Gasteiger partial charge on any atom is 0.288 e. The third kappa shape index (κ3) is 7.14. The number of rotatable bonds is 11. The number of amides is 1. The number of nitrogens with two attached hydrogens (primary N) is 1. The van der Waals surface area contributed by atoms with Crippen LogP contribution in [-0.2, 0) is 17.9 Å². The van der Waals surface area contributed by atoms with Crippen molar-refractivity contribution in [2.24, 2.45) is 5.73 Å². The first kappa shape index (κ1) is 21.6. The summed E-state index contributed by atoms with van der Waals surface area (Å²) < 4.78 is 6.58. The summed E-state index contributed by atoms with van der Waals surface area (Å²) in [6, 6.07) is 8.14. The molecule has 1 amide bonds. The molecular weight excluding hydrogens is 356 g/mol. The number of hydrogen-bond donors (Lipinski definition) is 2. The minimum atomic E-state index is -0.729. The van der Waals surface area contributed by atoms with Crippen molar-refractivity contribution in [3.8, 4) is 11.8 Å². The van der Waals surface area contributed by atoms with E-state index in [0.29, 0.717) is 0 Å². The number of carbonyl (C=O) groups excluding carboxylic acids is 1. The van der Waals surface area contributed by atoms with E-state index in [2.05, 4.69) is 41.0 Å². The Morgan fingerprint density at radius 1 is 1.18 bits per heavy atom. The molecule has 0 aliphatic rings. The summed E-state index contributed by atoms with van der Waals surface area (Å²) in [5.74, 6) is 5.37. The van der Waals surface area contributed by atoms with Gasteiger partial charge in [0.05, 0.1) is 13.2 Å². The van der Waals surface area contributed by atoms with E-state index in [9.17, 15) is 4.79 Å². The molecule has 0 spiro atoms. The molecular formula is C21H28N4O3. The molecule has 3 N–H and O–H groups in total. The molecule has 0 fully saturated rings. The van der Waals surface area contributed by atoms with Crippen molar-refractivity contribution in [2.45, 2.75) is 52.2 Å². The molecule has 1 aromatic heterocycles. The van der Waals surface area contributed by atoms with Gasteiger partial charge < -0.3 is 15.6 Å². The lowest BCUT2D eigenvalue weighted by Gasteiger charge is -2.02. The Bertz CT molecular complexity index is 803. The van der Waals surface area contributed by atoms with Gasteiger partial charge in [0.15, 0.2) is 0 Å². The fourth-order valence-corrected chi connectivity index (χ4v) is 2.66. The highest BCUT2D eigenvalue weighted by Crippen LogP contribution is 2.10. The second-order valence-electron chi connectivity index (χ2n) is 6.49. The SMILES string of the molecule is CCCCCCCc1ccc(C#Cc2nc(C(N)=O)nn2COCCO)cc1. The molecule has 0 saturated heterocycles. The molecule has 28 heavy (non-hydrogen) atoms. The first-order valence-corrected chi connectivity index (χ1v) is 9.68. The van der Waals surface area contributed by atoms with E-state index in [1.165, 1.54) is 42.3 Å². The van der Waals surface area contributed by atoms with Gasteiger partial charge in [0.25, 0.3) is 5.91 Å². The quantitative estimate of drug-likeness (QED) is 0.457. The topological polar surface area (TPSA) is 103 Å². The zero-order valence-electron chi connectivity index (χ0n) is 16.4. The predicted octanol–water partition coefficient (Wildman–Crippen LogP) is 2.26. The monoisotopic (exact) mass is 384 g/mol. The molecule has 0 unspecified atom stereocenters. The van der Waals surface area contributed by atoms with Crippen LogP contribution < -0.4 is 5.73 Å². The molecule has 0 bridgehead atoms. The summed E-state index contributed by atoms with van der Waals surface area (Å²) in [6.45, 7) is 2.29. The maximum absolute atomic E-state index is 11.3. The van der Waals surface area contributed by atoms with E-state index in [1.807, 2.05) is 12.1 Å². The predicted molar refractivity (Wildman–Crippen MR) is 106 cm³/mol. The van der Waals surface area contributed by atoms with Crippen molar-refractivity contribution in [2.75, 3.05) is 13.2 Å². The largest absolute Gasteiger partial charge is 0.394 e. The van der Waals surface area contributed by atoms with Gasteiger partial charge in [-0.05, 0) is 36.5 Å². The van der Waals surface area contributed by atoms with Crippen LogP contribution in [0.1, 0.15) is 66.6 Å². The molecule has 150 valence electrons. The first-order chi connectivity index (χ1) is 13.6. The highest BCUT2D eigenvalue weighted by Gasteiger charge is 2.12. The van der Waals surface area contributed by atoms with Crippen LogP contribution in [0.2, 0.25) is 0 Å². The van der Waals surface area contributed by atoms with E-state index in [4.69, 9.17) is 15.6 Å². The molecule has 1 aromatic carbocycles. The molecule has 2 aromatic rings. The lowest BCUT2D eigenvalue weighted by molar-refractivity contribution is 0.0411. The lowest BCUT2D eigenvalue weighted by atomic mass is 10.0. The number of aromatic nitrogens is 3. The molecule has 0 aliphatic heterocycles. The van der Waals surface area contributed by atoms with Gasteiger partial charge in [-0.3, -0.25) is 4.79 Å². The molecule has 0 radical (unpaired) electrons. The Hall–Kier alpha value is -2.69. The molecule has 0 saturated carbocycles. The Kier molecular flexibility index (Phi) is 9.19. The normalized spacial score (nSPS) is 10.5. The third-order valence-electron chi connectivity index (χ3n) is 4.18. The number of carbonyl (C=O) groups is 1. The van der Waals surface area contributed by atoms with Crippen LogP contribution in [0.4, 0.5) is 0 Å². The smallest absolute Gasteiger partial charge is 0.288 e. The van der Waals surface area contributed by atoms with Gasteiger partial charge in [-0.25, -0.2) is 4.68 Å². The fraction of sp³-hybridized carbons (Fsp3) is 0.476. The van der Waals surface area contributed by atoms with E-state index in [-0.39, 0.29) is 31.6 Å². The van der Waals surface area contributed by atoms with Crippen LogP contribution in [0.25, 0.3) is 0 Å². The second-order valence-corrected chi connectivity index (χ2v) is 6.49. The van der Waals surface area contributed by atoms with E-state index in [0.717, 1.165) is 12.0 Å². The number of aliphatic hydroxyl groups excluding tert-OH is 1. The minimum absolute atomic E-state index is 0.0296. The van der Waals surface area contributed by atoms with Crippen molar-refractivity contribution in [3.63, 3.8) is 0 Å². The fourth-order valence-electron chi connectivity index (χ4n) is 2.66. The highest BCUT2D eigenvalue weighted by molar-refractivity contribution is 5.88. The Morgan fingerprint density at radius 2 is 1.93 bits per heavy atom. The number of benzene rings is 1. The summed E-state index contributed by atoms with van der Waals surface area (Å²) in [6.07, 6.45) is 7.42. The zero-order chi connectivity index (χ0) is 20.2. The summed E-state index contributed by atoms with van der Waals surface area (Å²) in [5, 5.41) is 12.8. The Balaban J connectivity index is 2.00. The van der Waals surface area contributed by atoms with Crippen LogP contribution >= 0.6 is 0 Å². The van der Waals surface area contributed by atoms with Crippen LogP contribution in [0, 0.1) is 11.8 Å². The van der Waals surface area contributed by atoms with Crippen molar-refractivity contribution >= 4 is 5.91 Å². The number of unbranched alkanes of at least 4 members (excludes halogenated alkanes) is 4. The summed E-state index contributed by atoms with van der Waals surface area (Å²) in [4.78, 5) is 15.4. The molecule has 0 aliphatic carbocycles. The van der Waals surface area contributed by atoms with E-state index < -0.39 is 5.91 Å². The number of ether oxygens (including phenoxy) is 1. The molecule has 1 heterocycles. The number of aryl methyl sites for hydroxylation is 1. The van der Waals surface area contributed by atoms with Gasteiger partial charge in [0.2, 0.25) is 11.6 Å². The van der Waals surface area contributed by atoms with Crippen molar-refractivity contribution in [3.05, 3.63) is 47.0 Å². The van der Waals surface area contributed by atoms with Crippen LogP contribution in [0.15, 0.2) is 24.3 Å². The zero-order valence-corrected chi connectivity index (χ0v) is 16.4. The molecule has 0 atom stereocenters. The number of aliphatic hydroxyl groups is 1. The average Bonchev–Trinajstić information content (AvgIpc) is 3.11. The molecule has 7 nitrogen and oxygen atoms in total. The summed E-state index contributed by atoms with van der Waals surface area (Å²) in [7, 11) is 0. The van der Waals surface area contributed by atoms with Gasteiger partial charge in [0.1, 0.15) is 6.73 Å². The Labute approximate surface area is 165 Å². The van der Waals surface area contributed by atoms with Crippen LogP contribution in [0.5, 0.6) is 0 Å². The second kappa shape index (κ2) is 11.9. The number of primary amides is 1. The average molecular weight is 384 g/mol. The minimum Gasteiger partial charge on any atom is -0.394 e. The van der Waals surface area contributed by atoms with E-state index in [1.54, 1.807) is 0 Å². The van der Waals surface area contributed by atoms with Crippen LogP contribution in [0.3, 0.4) is 0 Å². The van der Waals surface area contributed by atoms with Gasteiger partial charge in [-0.1, -0.05) is 50.7 Å². The van der Waals surface area contributed by atoms with Gasteiger partial charge >= 0.3 is 0 Å². The maximum atomic E-state index is 11.3. The molecule has 7 heteroatoms. The van der Waals surface area contributed by atoms with Gasteiger partial charge in [-0.15, -0.1) is 5.10 Å².